The van der Waals surface area contributed by atoms with E-state index in [0.29, 0.717) is 53.0 Å². The van der Waals surface area contributed by atoms with Crippen molar-refractivity contribution in [3.8, 4) is 28.3 Å². The van der Waals surface area contributed by atoms with Crippen molar-refractivity contribution in [3.05, 3.63) is 105 Å². The Balaban J connectivity index is 1.19. The van der Waals surface area contributed by atoms with Crippen LogP contribution in [0.1, 0.15) is 58.2 Å². The molecule has 2 aliphatic rings. The number of aromatic nitrogens is 1. The molecular weight excluding hydrogens is 675 g/mol. The van der Waals surface area contributed by atoms with E-state index >= 15 is 0 Å². The number of aliphatic hydroxyl groups excluding tert-OH is 1. The monoisotopic (exact) mass is 715 g/mol. The number of nitrogens with zero attached hydrogens (tertiary/aromatic N) is 3. The first kappa shape index (κ1) is 35.3. The summed E-state index contributed by atoms with van der Waals surface area (Å²) in [4.78, 5) is 9.19. The van der Waals surface area contributed by atoms with E-state index in [1.807, 2.05) is 62.4 Å². The van der Waals surface area contributed by atoms with Crippen LogP contribution in [0.15, 0.2) is 65.1 Å². The zero-order valence-electron chi connectivity index (χ0n) is 29.0. The van der Waals surface area contributed by atoms with Crippen LogP contribution in [0.25, 0.3) is 45.8 Å². The number of hydrogen-bond acceptors (Lipinski definition) is 6. The van der Waals surface area contributed by atoms with Crippen molar-refractivity contribution in [2.24, 2.45) is 0 Å². The summed E-state index contributed by atoms with van der Waals surface area (Å²) in [6.07, 6.45) is 1.32. The highest BCUT2D eigenvalue weighted by atomic mass is 35.5. The van der Waals surface area contributed by atoms with Crippen molar-refractivity contribution in [3.63, 3.8) is 0 Å². The van der Waals surface area contributed by atoms with Crippen LogP contribution in [0.3, 0.4) is 0 Å². The van der Waals surface area contributed by atoms with Gasteiger partial charge in [0.25, 0.3) is 0 Å². The number of halogens is 4. The molecule has 7 rings (SSSR count). The lowest BCUT2D eigenvalue weighted by molar-refractivity contribution is -0.137. The molecule has 4 aromatic carbocycles. The molecule has 6 nitrogen and oxygen atoms in total. The molecule has 0 amide bonds. The van der Waals surface area contributed by atoms with Crippen molar-refractivity contribution < 1.29 is 27.4 Å². The minimum absolute atomic E-state index is 0.0586. The number of β-amino-alcohol motifs (C(OH)–C–C–N with tert-alkyl or cyclic N) is 1. The van der Waals surface area contributed by atoms with Crippen molar-refractivity contribution in [2.75, 3.05) is 33.3 Å². The number of benzene rings is 4. The highest BCUT2D eigenvalue weighted by Gasteiger charge is 2.34. The Labute approximate surface area is 301 Å². The molecule has 266 valence electrons. The Morgan fingerprint density at radius 2 is 1.61 bits per heavy atom. The molecule has 0 spiro atoms. The molecule has 5 aromatic rings. The lowest BCUT2D eigenvalue weighted by Gasteiger charge is -2.20. The number of fused-ring (bicyclic) bond motifs is 1. The van der Waals surface area contributed by atoms with E-state index in [0.717, 1.165) is 77.8 Å². The zero-order valence-corrected chi connectivity index (χ0v) is 29.7. The minimum atomic E-state index is -4.52. The van der Waals surface area contributed by atoms with Gasteiger partial charge in [-0.25, -0.2) is 4.98 Å². The van der Waals surface area contributed by atoms with Gasteiger partial charge in [-0.15, -0.1) is 0 Å². The van der Waals surface area contributed by atoms with Gasteiger partial charge in [0.2, 0.25) is 5.89 Å². The molecule has 3 heterocycles. The molecule has 2 fully saturated rings. The number of alkyl halides is 3. The first-order chi connectivity index (χ1) is 24.5. The second-order valence-electron chi connectivity index (χ2n) is 13.7. The third kappa shape index (κ3) is 7.44. The third-order valence-electron chi connectivity index (χ3n) is 10.2. The van der Waals surface area contributed by atoms with E-state index in [9.17, 15) is 18.3 Å². The lowest BCUT2D eigenvalue weighted by atomic mass is 9.91. The third-order valence-corrected chi connectivity index (χ3v) is 10.5. The van der Waals surface area contributed by atoms with Gasteiger partial charge in [0, 0.05) is 37.3 Å². The maximum absolute atomic E-state index is 14.4. The van der Waals surface area contributed by atoms with Crippen LogP contribution in [0, 0.1) is 13.8 Å². The Hall–Kier alpha value is -4.15. The maximum Gasteiger partial charge on any atom is 0.417 e. The van der Waals surface area contributed by atoms with E-state index in [1.54, 1.807) is 6.08 Å². The Morgan fingerprint density at radius 1 is 0.902 bits per heavy atom. The van der Waals surface area contributed by atoms with Crippen LogP contribution in [0.2, 0.25) is 5.02 Å². The molecule has 0 radical (unpaired) electrons. The Bertz CT molecular complexity index is 2100. The maximum atomic E-state index is 14.4. The summed E-state index contributed by atoms with van der Waals surface area (Å²) in [5.74, 6) is 0.908. The number of rotatable bonds is 9. The Morgan fingerprint density at radius 3 is 2.31 bits per heavy atom. The second-order valence-corrected chi connectivity index (χ2v) is 14.1. The molecule has 1 N–H and O–H groups in total. The van der Waals surface area contributed by atoms with Crippen molar-refractivity contribution >= 4 is 34.9 Å². The fraction of sp³-hybridized carbons (Fsp3) is 0.341. The van der Waals surface area contributed by atoms with Gasteiger partial charge >= 0.3 is 6.18 Å². The highest BCUT2D eigenvalue weighted by Crippen LogP contribution is 2.39. The summed E-state index contributed by atoms with van der Waals surface area (Å²) in [5.41, 5.74) is 7.54. The standard InChI is InChI=1S/C41H41ClF3N3O3/c1-25-28(12-13-29-21-38(50-3)30(20-35(29)41(43,44)45)23-47-15-4-5-16-47)8-6-9-32(25)33-10-7-11-34(26(33)2)40-46-37-19-27(18-36(42)39(37)51-40)22-48-17-14-31(49)24-48/h6-13,18-21,31,49H,4-5,14-17,22-24H2,1-3H3/b13-12+/t31-/m1/s1. The van der Waals surface area contributed by atoms with Crippen molar-refractivity contribution in [1.82, 2.24) is 14.8 Å². The molecule has 1 aromatic heterocycles. The smallest absolute Gasteiger partial charge is 0.417 e. The summed E-state index contributed by atoms with van der Waals surface area (Å²) in [5, 5.41) is 10.4. The molecule has 0 saturated carbocycles. The SMILES string of the molecule is COc1cc(/C=C/c2cccc(-c3cccc(-c4nc5cc(CN6CC[C@@H](O)C6)cc(Cl)c5o4)c3C)c2C)c(C(F)(F)F)cc1CN1CCCC1. The molecule has 0 bridgehead atoms. The molecular formula is C41H41ClF3N3O3. The number of ether oxygens (including phenoxy) is 1. The van der Waals surface area contributed by atoms with Crippen LogP contribution in [-0.2, 0) is 19.3 Å². The van der Waals surface area contributed by atoms with E-state index in [4.69, 9.17) is 25.7 Å². The first-order valence-corrected chi connectivity index (χ1v) is 17.7. The normalized spacial score (nSPS) is 17.4. The fourth-order valence-electron chi connectivity index (χ4n) is 7.45. The summed E-state index contributed by atoms with van der Waals surface area (Å²) in [7, 11) is 1.50. The fourth-order valence-corrected chi connectivity index (χ4v) is 7.73. The predicted molar refractivity (Wildman–Crippen MR) is 197 cm³/mol. The number of methoxy groups -OCH3 is 1. The highest BCUT2D eigenvalue weighted by molar-refractivity contribution is 6.34. The van der Waals surface area contributed by atoms with Gasteiger partial charge in [-0.2, -0.15) is 13.2 Å². The van der Waals surface area contributed by atoms with E-state index < -0.39 is 11.7 Å². The zero-order chi connectivity index (χ0) is 35.9. The first-order valence-electron chi connectivity index (χ1n) is 17.4. The van der Waals surface area contributed by atoms with Crippen molar-refractivity contribution in [2.45, 2.75) is 58.5 Å². The van der Waals surface area contributed by atoms with Gasteiger partial charge in [0.15, 0.2) is 5.58 Å². The quantitative estimate of drug-likeness (QED) is 0.153. The van der Waals surface area contributed by atoms with Crippen LogP contribution >= 0.6 is 11.6 Å². The average molecular weight is 716 g/mol. The predicted octanol–water partition coefficient (Wildman–Crippen LogP) is 9.79. The van der Waals surface area contributed by atoms with E-state index in [-0.39, 0.29) is 11.7 Å². The van der Waals surface area contributed by atoms with Crippen LogP contribution in [-0.4, -0.2) is 59.3 Å². The van der Waals surface area contributed by atoms with Gasteiger partial charge < -0.3 is 14.3 Å². The molecule has 0 unspecified atom stereocenters. The number of hydrogen-bond donors (Lipinski definition) is 1. The average Bonchev–Trinajstić information content (AvgIpc) is 3.86. The molecule has 10 heteroatoms. The van der Waals surface area contributed by atoms with Crippen LogP contribution in [0.5, 0.6) is 5.75 Å². The minimum Gasteiger partial charge on any atom is -0.496 e. The number of aliphatic hydroxyl groups is 1. The molecule has 51 heavy (non-hydrogen) atoms. The van der Waals surface area contributed by atoms with Gasteiger partial charge in [-0.05, 0) is 115 Å². The topological polar surface area (TPSA) is 62.0 Å². The summed E-state index contributed by atoms with van der Waals surface area (Å²) in [6.45, 7) is 8.31. The summed E-state index contributed by atoms with van der Waals surface area (Å²) in [6, 6.07) is 18.4. The van der Waals surface area contributed by atoms with Gasteiger partial charge in [-0.1, -0.05) is 54.1 Å². The summed E-state index contributed by atoms with van der Waals surface area (Å²) >= 11 is 6.67. The number of oxazole rings is 1. The van der Waals surface area contributed by atoms with Crippen LogP contribution < -0.4 is 4.74 Å². The van der Waals surface area contributed by atoms with Crippen molar-refractivity contribution in [1.29, 1.82) is 0 Å². The van der Waals surface area contributed by atoms with Gasteiger partial charge in [0.05, 0.1) is 23.8 Å². The Kier molecular flexibility index (Phi) is 10.0. The van der Waals surface area contributed by atoms with Gasteiger partial charge in [0.1, 0.15) is 11.3 Å². The second kappa shape index (κ2) is 14.5. The van der Waals surface area contributed by atoms with E-state index in [1.165, 1.54) is 25.3 Å². The molecule has 1 atom stereocenters. The van der Waals surface area contributed by atoms with Gasteiger partial charge in [-0.3, -0.25) is 9.80 Å². The largest absolute Gasteiger partial charge is 0.496 e. The van der Waals surface area contributed by atoms with Crippen LogP contribution in [0.4, 0.5) is 13.2 Å². The summed E-state index contributed by atoms with van der Waals surface area (Å²) < 4.78 is 54.9. The molecule has 0 aliphatic carbocycles. The molecule has 2 aliphatic heterocycles. The van der Waals surface area contributed by atoms with E-state index in [2.05, 4.69) is 9.80 Å². The lowest BCUT2D eigenvalue weighted by Crippen LogP contribution is -2.21. The number of likely N-dealkylation sites (tertiary alicyclic amines) is 2. The molecule has 2 saturated heterocycles.